The standard InChI is InChI=1S/C13H19N3O2.ClH/c1-13(2)9-16(5-6-18-13)12(17)10-3-4-15-11(7-10)8-14;/h3-4,7H,5-6,8-9,14H2,1-2H3;1H. The molecular weight excluding hydrogens is 266 g/mol. The maximum absolute atomic E-state index is 12.4. The molecule has 2 rings (SSSR count). The predicted molar refractivity (Wildman–Crippen MR) is 75.3 cm³/mol. The van der Waals surface area contributed by atoms with Crippen molar-refractivity contribution in [2.75, 3.05) is 19.7 Å². The molecule has 0 aromatic carbocycles. The van der Waals surface area contributed by atoms with Gasteiger partial charge in [-0.15, -0.1) is 12.4 Å². The largest absolute Gasteiger partial charge is 0.372 e. The minimum Gasteiger partial charge on any atom is -0.372 e. The summed E-state index contributed by atoms with van der Waals surface area (Å²) in [4.78, 5) is 18.3. The Labute approximate surface area is 119 Å². The fraction of sp³-hybridized carbons (Fsp3) is 0.538. The first-order chi connectivity index (χ1) is 8.52. The van der Waals surface area contributed by atoms with Crippen LogP contribution in [0, 0.1) is 0 Å². The molecule has 2 N–H and O–H groups in total. The molecule has 0 radical (unpaired) electrons. The fourth-order valence-electron chi connectivity index (χ4n) is 2.10. The van der Waals surface area contributed by atoms with Crippen molar-refractivity contribution in [2.24, 2.45) is 5.73 Å². The average Bonchev–Trinajstić information content (AvgIpc) is 2.37. The molecule has 0 atom stereocenters. The van der Waals surface area contributed by atoms with Gasteiger partial charge in [-0.2, -0.15) is 0 Å². The number of aromatic nitrogens is 1. The van der Waals surface area contributed by atoms with Crippen LogP contribution in [-0.2, 0) is 11.3 Å². The third-order valence-corrected chi connectivity index (χ3v) is 2.99. The van der Waals surface area contributed by atoms with Crippen molar-refractivity contribution in [3.63, 3.8) is 0 Å². The summed E-state index contributed by atoms with van der Waals surface area (Å²) in [5, 5.41) is 0. The number of carbonyl (C=O) groups is 1. The number of halogens is 1. The summed E-state index contributed by atoms with van der Waals surface area (Å²) in [6.45, 7) is 6.13. The highest BCUT2D eigenvalue weighted by Gasteiger charge is 2.30. The number of nitrogens with zero attached hydrogens (tertiary/aromatic N) is 2. The molecule has 2 heterocycles. The Bertz CT molecular complexity index is 451. The summed E-state index contributed by atoms with van der Waals surface area (Å²) in [6.07, 6.45) is 1.63. The maximum Gasteiger partial charge on any atom is 0.254 e. The van der Waals surface area contributed by atoms with E-state index in [0.29, 0.717) is 31.8 Å². The summed E-state index contributed by atoms with van der Waals surface area (Å²) in [5.41, 5.74) is 6.62. The van der Waals surface area contributed by atoms with Crippen molar-refractivity contribution in [1.29, 1.82) is 0 Å². The van der Waals surface area contributed by atoms with E-state index in [4.69, 9.17) is 10.5 Å². The smallest absolute Gasteiger partial charge is 0.254 e. The van der Waals surface area contributed by atoms with E-state index in [1.807, 2.05) is 18.7 Å². The van der Waals surface area contributed by atoms with Gasteiger partial charge in [-0.05, 0) is 26.0 Å². The molecule has 6 heteroatoms. The molecule has 0 unspecified atom stereocenters. The van der Waals surface area contributed by atoms with E-state index >= 15 is 0 Å². The SMILES string of the molecule is CC1(C)CN(C(=O)c2ccnc(CN)c2)CCO1.Cl. The zero-order valence-corrected chi connectivity index (χ0v) is 12.1. The average molecular weight is 286 g/mol. The van der Waals surface area contributed by atoms with Crippen LogP contribution in [0.25, 0.3) is 0 Å². The molecule has 1 aliphatic heterocycles. The third kappa shape index (κ3) is 3.89. The van der Waals surface area contributed by atoms with Crippen LogP contribution in [0.1, 0.15) is 29.9 Å². The topological polar surface area (TPSA) is 68.5 Å². The number of amides is 1. The van der Waals surface area contributed by atoms with Gasteiger partial charge >= 0.3 is 0 Å². The molecule has 1 fully saturated rings. The van der Waals surface area contributed by atoms with Gasteiger partial charge in [-0.1, -0.05) is 0 Å². The number of hydrogen-bond acceptors (Lipinski definition) is 4. The van der Waals surface area contributed by atoms with Gasteiger partial charge in [-0.3, -0.25) is 9.78 Å². The van der Waals surface area contributed by atoms with Crippen molar-refractivity contribution in [3.05, 3.63) is 29.6 Å². The number of rotatable bonds is 2. The minimum absolute atomic E-state index is 0. The normalized spacial score (nSPS) is 17.7. The molecule has 0 bridgehead atoms. The number of ether oxygens (including phenoxy) is 1. The molecular formula is C13H20ClN3O2. The van der Waals surface area contributed by atoms with Crippen molar-refractivity contribution in [1.82, 2.24) is 9.88 Å². The lowest BCUT2D eigenvalue weighted by Crippen LogP contribution is -2.50. The van der Waals surface area contributed by atoms with Crippen LogP contribution in [0.3, 0.4) is 0 Å². The zero-order chi connectivity index (χ0) is 13.2. The monoisotopic (exact) mass is 285 g/mol. The van der Waals surface area contributed by atoms with Crippen molar-refractivity contribution in [3.8, 4) is 0 Å². The molecule has 1 aromatic rings. The first-order valence-electron chi connectivity index (χ1n) is 6.10. The van der Waals surface area contributed by atoms with Gasteiger partial charge in [0.25, 0.3) is 5.91 Å². The minimum atomic E-state index is -0.280. The first kappa shape index (κ1) is 15.9. The lowest BCUT2D eigenvalue weighted by molar-refractivity contribution is -0.0764. The Balaban J connectivity index is 0.00000180. The molecule has 1 aliphatic rings. The van der Waals surface area contributed by atoms with Crippen LogP contribution >= 0.6 is 12.4 Å². The van der Waals surface area contributed by atoms with Crippen molar-refractivity contribution >= 4 is 18.3 Å². The summed E-state index contributed by atoms with van der Waals surface area (Å²) in [6, 6.07) is 3.48. The zero-order valence-electron chi connectivity index (χ0n) is 11.3. The molecule has 0 aliphatic carbocycles. The van der Waals surface area contributed by atoms with Gasteiger partial charge in [0.15, 0.2) is 0 Å². The number of pyridine rings is 1. The molecule has 1 saturated heterocycles. The first-order valence-corrected chi connectivity index (χ1v) is 6.10. The number of carbonyl (C=O) groups excluding carboxylic acids is 1. The van der Waals surface area contributed by atoms with Crippen LogP contribution in [0.4, 0.5) is 0 Å². The summed E-state index contributed by atoms with van der Waals surface area (Å²) < 4.78 is 5.60. The Morgan fingerprint density at radius 1 is 1.58 bits per heavy atom. The number of nitrogens with two attached hydrogens (primary N) is 1. The van der Waals surface area contributed by atoms with Gasteiger partial charge in [0.05, 0.1) is 17.9 Å². The van der Waals surface area contributed by atoms with Crippen LogP contribution < -0.4 is 5.73 Å². The van der Waals surface area contributed by atoms with Gasteiger partial charge < -0.3 is 15.4 Å². The van der Waals surface area contributed by atoms with E-state index in [1.165, 1.54) is 0 Å². The van der Waals surface area contributed by atoms with Gasteiger partial charge in [-0.25, -0.2) is 0 Å². The van der Waals surface area contributed by atoms with Crippen LogP contribution in [0.15, 0.2) is 18.3 Å². The molecule has 1 aromatic heterocycles. The Morgan fingerprint density at radius 2 is 2.32 bits per heavy atom. The lowest BCUT2D eigenvalue weighted by atomic mass is 10.1. The van der Waals surface area contributed by atoms with E-state index in [9.17, 15) is 4.79 Å². The second-order valence-electron chi connectivity index (χ2n) is 5.07. The highest BCUT2D eigenvalue weighted by atomic mass is 35.5. The predicted octanol–water partition coefficient (Wildman–Crippen LogP) is 1.21. The summed E-state index contributed by atoms with van der Waals surface area (Å²) >= 11 is 0. The molecule has 0 saturated carbocycles. The van der Waals surface area contributed by atoms with Crippen LogP contribution in [-0.4, -0.2) is 41.1 Å². The van der Waals surface area contributed by atoms with E-state index in [-0.39, 0.29) is 23.9 Å². The maximum atomic E-state index is 12.4. The Kier molecular flexibility index (Phi) is 5.29. The highest BCUT2D eigenvalue weighted by Crippen LogP contribution is 2.18. The van der Waals surface area contributed by atoms with E-state index in [2.05, 4.69) is 4.98 Å². The molecule has 0 spiro atoms. The van der Waals surface area contributed by atoms with E-state index < -0.39 is 0 Å². The fourth-order valence-corrected chi connectivity index (χ4v) is 2.10. The second-order valence-corrected chi connectivity index (χ2v) is 5.07. The quantitative estimate of drug-likeness (QED) is 0.887. The third-order valence-electron chi connectivity index (χ3n) is 2.99. The summed E-state index contributed by atoms with van der Waals surface area (Å²) in [7, 11) is 0. The van der Waals surface area contributed by atoms with E-state index in [0.717, 1.165) is 5.69 Å². The van der Waals surface area contributed by atoms with Gasteiger partial charge in [0.1, 0.15) is 0 Å². The highest BCUT2D eigenvalue weighted by molar-refractivity contribution is 5.94. The Hall–Kier alpha value is -1.17. The van der Waals surface area contributed by atoms with E-state index in [1.54, 1.807) is 18.3 Å². The molecule has 19 heavy (non-hydrogen) atoms. The van der Waals surface area contributed by atoms with Crippen molar-refractivity contribution < 1.29 is 9.53 Å². The molecule has 1 amide bonds. The molecule has 106 valence electrons. The summed E-state index contributed by atoms with van der Waals surface area (Å²) in [5.74, 6) is 0.0171. The van der Waals surface area contributed by atoms with Gasteiger partial charge in [0.2, 0.25) is 0 Å². The molecule has 5 nitrogen and oxygen atoms in total. The second kappa shape index (κ2) is 6.32. The number of morpholine rings is 1. The van der Waals surface area contributed by atoms with Gasteiger partial charge in [0, 0.05) is 31.4 Å². The number of hydrogen-bond donors (Lipinski definition) is 1. The lowest BCUT2D eigenvalue weighted by Gasteiger charge is -2.38. The Morgan fingerprint density at radius 3 is 2.95 bits per heavy atom. The van der Waals surface area contributed by atoms with Crippen LogP contribution in [0.5, 0.6) is 0 Å². The van der Waals surface area contributed by atoms with Crippen LogP contribution in [0.2, 0.25) is 0 Å². The van der Waals surface area contributed by atoms with Crippen molar-refractivity contribution in [2.45, 2.75) is 26.0 Å².